The second-order valence-electron chi connectivity index (χ2n) is 7.08. The van der Waals surface area contributed by atoms with Gasteiger partial charge in [0.2, 0.25) is 0 Å². The first kappa shape index (κ1) is 19.3. The Morgan fingerprint density at radius 2 is 1.88 bits per heavy atom. The number of hydrogen-bond acceptors (Lipinski definition) is 6. The van der Waals surface area contributed by atoms with Gasteiger partial charge in [-0.25, -0.2) is 4.39 Å². The van der Waals surface area contributed by atoms with Crippen LogP contribution in [0.3, 0.4) is 0 Å². The van der Waals surface area contributed by atoms with Gasteiger partial charge in [-0.3, -0.25) is 24.8 Å². The first-order valence-electron chi connectivity index (χ1n) is 9.65. The molecule has 0 unspecified atom stereocenters. The van der Waals surface area contributed by atoms with Gasteiger partial charge in [0.05, 0.1) is 34.3 Å². The van der Waals surface area contributed by atoms with E-state index >= 15 is 0 Å². The van der Waals surface area contributed by atoms with Crippen LogP contribution in [0.4, 0.5) is 15.8 Å². The average molecular weight is 425 g/mol. The van der Waals surface area contributed by atoms with Crippen LogP contribution in [0.5, 0.6) is 0 Å². The third-order valence-electron chi connectivity index (χ3n) is 4.94. The highest BCUT2D eigenvalue weighted by atomic mass is 19.1. The van der Waals surface area contributed by atoms with Crippen molar-refractivity contribution in [2.24, 2.45) is 0 Å². The number of nitrogens with two attached hydrogens (primary N) is 1. The maximum Gasteiger partial charge on any atom is 0.276 e. The number of pyridine rings is 3. The second kappa shape index (κ2) is 7.88. The van der Waals surface area contributed by atoms with Crippen LogP contribution in [0.2, 0.25) is 0 Å². The number of hydrogen-bond donors (Lipinski definition) is 3. The summed E-state index contributed by atoms with van der Waals surface area (Å²) in [5.74, 6) is -0.820. The number of carbonyl (C=O) groups excluding carboxylic acids is 1. The number of nitrogen functional groups attached to an aromatic ring is 1. The van der Waals surface area contributed by atoms with E-state index < -0.39 is 11.7 Å². The summed E-state index contributed by atoms with van der Waals surface area (Å²) >= 11 is 0. The van der Waals surface area contributed by atoms with Crippen LogP contribution in [0, 0.1) is 5.82 Å². The molecule has 0 aliphatic rings. The van der Waals surface area contributed by atoms with Crippen molar-refractivity contribution in [2.75, 3.05) is 11.1 Å². The van der Waals surface area contributed by atoms with E-state index in [1.165, 1.54) is 24.7 Å². The molecule has 1 aromatic carbocycles. The third-order valence-corrected chi connectivity index (χ3v) is 4.94. The topological polar surface area (TPSA) is 122 Å². The molecule has 5 aromatic rings. The minimum absolute atomic E-state index is 0.237. The van der Waals surface area contributed by atoms with E-state index in [2.05, 4.69) is 30.5 Å². The quantitative estimate of drug-likeness (QED) is 0.399. The molecule has 0 atom stereocenters. The summed E-state index contributed by atoms with van der Waals surface area (Å²) in [4.78, 5) is 25.1. The molecule has 0 saturated heterocycles. The Hall–Kier alpha value is -4.66. The Labute approximate surface area is 181 Å². The van der Waals surface area contributed by atoms with Crippen LogP contribution in [0.25, 0.3) is 33.3 Å². The summed E-state index contributed by atoms with van der Waals surface area (Å²) in [6.45, 7) is 0. The van der Waals surface area contributed by atoms with Gasteiger partial charge in [-0.05, 0) is 42.0 Å². The van der Waals surface area contributed by atoms with Crippen molar-refractivity contribution in [1.82, 2.24) is 25.1 Å². The molecule has 4 aromatic heterocycles. The van der Waals surface area contributed by atoms with E-state index in [0.717, 1.165) is 16.6 Å². The monoisotopic (exact) mass is 425 g/mol. The van der Waals surface area contributed by atoms with Gasteiger partial charge in [0.25, 0.3) is 5.91 Å². The molecule has 32 heavy (non-hydrogen) atoms. The fourth-order valence-corrected chi connectivity index (χ4v) is 3.37. The number of aromatic amines is 1. The van der Waals surface area contributed by atoms with Crippen molar-refractivity contribution in [2.45, 2.75) is 0 Å². The number of amides is 1. The maximum atomic E-state index is 13.9. The number of H-pyrrole nitrogens is 1. The molecule has 0 aliphatic heterocycles. The lowest BCUT2D eigenvalue weighted by Crippen LogP contribution is -2.13. The number of anilines is 2. The zero-order chi connectivity index (χ0) is 22.1. The van der Waals surface area contributed by atoms with Crippen LogP contribution in [0.1, 0.15) is 10.5 Å². The molecule has 4 N–H and O–H groups in total. The Balaban J connectivity index is 1.41. The Morgan fingerprint density at radius 3 is 2.66 bits per heavy atom. The maximum absolute atomic E-state index is 13.9. The number of nitrogens with zero attached hydrogens (tertiary/aromatic N) is 4. The number of nitrogens with one attached hydrogen (secondary N) is 2. The molecule has 0 spiro atoms. The first-order valence-corrected chi connectivity index (χ1v) is 9.65. The van der Waals surface area contributed by atoms with Crippen molar-refractivity contribution in [3.05, 3.63) is 85.0 Å². The fourth-order valence-electron chi connectivity index (χ4n) is 3.37. The van der Waals surface area contributed by atoms with Crippen molar-refractivity contribution >= 4 is 28.2 Å². The smallest absolute Gasteiger partial charge is 0.276 e. The summed E-state index contributed by atoms with van der Waals surface area (Å²) < 4.78 is 13.9. The van der Waals surface area contributed by atoms with Gasteiger partial charge in [-0.1, -0.05) is 6.07 Å². The van der Waals surface area contributed by atoms with Gasteiger partial charge in [-0.2, -0.15) is 5.10 Å². The predicted octanol–water partition coefficient (Wildman–Crippen LogP) is 4.06. The van der Waals surface area contributed by atoms with E-state index in [1.54, 1.807) is 24.5 Å². The number of carbonyl (C=O) groups is 1. The molecule has 0 radical (unpaired) electrons. The highest BCUT2D eigenvalue weighted by Gasteiger charge is 2.16. The SMILES string of the molecule is Nc1cncc(-c2ccc3[nH]nc(C(=O)Nc4ccc(-c5cnccc5F)nc4)c3c2)c1. The van der Waals surface area contributed by atoms with E-state index in [9.17, 15) is 9.18 Å². The third kappa shape index (κ3) is 3.63. The first-order chi connectivity index (χ1) is 15.6. The predicted molar refractivity (Wildman–Crippen MR) is 119 cm³/mol. The largest absolute Gasteiger partial charge is 0.397 e. The highest BCUT2D eigenvalue weighted by Crippen LogP contribution is 2.27. The minimum Gasteiger partial charge on any atom is -0.397 e. The van der Waals surface area contributed by atoms with E-state index in [1.807, 2.05) is 24.3 Å². The van der Waals surface area contributed by atoms with Gasteiger partial charge in [0.1, 0.15) is 5.82 Å². The molecule has 0 aliphatic carbocycles. The van der Waals surface area contributed by atoms with Crippen LogP contribution in [-0.2, 0) is 0 Å². The molecule has 5 rings (SSSR count). The molecule has 0 saturated carbocycles. The number of aromatic nitrogens is 5. The zero-order valence-corrected chi connectivity index (χ0v) is 16.6. The van der Waals surface area contributed by atoms with E-state index in [4.69, 9.17) is 5.73 Å². The van der Waals surface area contributed by atoms with Crippen LogP contribution in [0.15, 0.2) is 73.4 Å². The summed E-state index contributed by atoms with van der Waals surface area (Å²) in [6, 6.07) is 11.9. The summed E-state index contributed by atoms with van der Waals surface area (Å²) in [6.07, 6.45) is 7.50. The number of halogens is 1. The van der Waals surface area contributed by atoms with Gasteiger partial charge in [0, 0.05) is 35.7 Å². The van der Waals surface area contributed by atoms with Crippen LogP contribution < -0.4 is 11.1 Å². The zero-order valence-electron chi connectivity index (χ0n) is 16.6. The van der Waals surface area contributed by atoms with Crippen LogP contribution >= 0.6 is 0 Å². The molecule has 9 heteroatoms. The van der Waals surface area contributed by atoms with Gasteiger partial charge >= 0.3 is 0 Å². The molecule has 4 heterocycles. The normalized spacial score (nSPS) is 10.9. The fraction of sp³-hybridized carbons (Fsp3) is 0. The summed E-state index contributed by atoms with van der Waals surface area (Å²) in [7, 11) is 0. The Bertz CT molecular complexity index is 1450. The molecular weight excluding hydrogens is 409 g/mol. The molecule has 0 bridgehead atoms. The molecule has 156 valence electrons. The van der Waals surface area contributed by atoms with Crippen molar-refractivity contribution in [1.29, 1.82) is 0 Å². The lowest BCUT2D eigenvalue weighted by molar-refractivity contribution is 0.102. The summed E-state index contributed by atoms with van der Waals surface area (Å²) in [5, 5.41) is 10.5. The number of fused-ring (bicyclic) bond motifs is 1. The minimum atomic E-state index is -0.418. The lowest BCUT2D eigenvalue weighted by atomic mass is 10.0. The van der Waals surface area contributed by atoms with Crippen molar-refractivity contribution in [3.8, 4) is 22.4 Å². The van der Waals surface area contributed by atoms with E-state index in [-0.39, 0.29) is 11.3 Å². The lowest BCUT2D eigenvalue weighted by Gasteiger charge is -2.06. The van der Waals surface area contributed by atoms with Crippen molar-refractivity contribution < 1.29 is 9.18 Å². The second-order valence-corrected chi connectivity index (χ2v) is 7.08. The van der Waals surface area contributed by atoms with E-state index in [0.29, 0.717) is 22.5 Å². The van der Waals surface area contributed by atoms with Crippen molar-refractivity contribution in [3.63, 3.8) is 0 Å². The Morgan fingerprint density at radius 1 is 0.969 bits per heavy atom. The number of benzene rings is 1. The molecule has 0 fully saturated rings. The van der Waals surface area contributed by atoms with Gasteiger partial charge in [0.15, 0.2) is 5.69 Å². The molecular formula is C23H16FN7O. The number of rotatable bonds is 4. The van der Waals surface area contributed by atoms with Gasteiger partial charge < -0.3 is 11.1 Å². The molecule has 1 amide bonds. The standard InChI is InChI=1S/C23H16FN7O/c24-19-5-6-26-12-18(19)20-4-2-16(11-28-20)29-23(32)22-17-8-13(1-3-21(17)30-31-22)14-7-15(25)10-27-9-14/h1-12H,25H2,(H,29,32)(H,30,31). The molecule has 8 nitrogen and oxygen atoms in total. The van der Waals surface area contributed by atoms with Gasteiger partial charge in [-0.15, -0.1) is 0 Å². The summed E-state index contributed by atoms with van der Waals surface area (Å²) in [5.41, 5.74) is 10.2. The average Bonchev–Trinajstić information content (AvgIpc) is 3.23. The Kier molecular flexibility index (Phi) is 4.75. The highest BCUT2D eigenvalue weighted by molar-refractivity contribution is 6.11. The van der Waals surface area contributed by atoms with Crippen LogP contribution in [-0.4, -0.2) is 31.1 Å².